The molecule has 130 valence electrons. The minimum absolute atomic E-state index is 0.0182. The van der Waals surface area contributed by atoms with Gasteiger partial charge in [0.1, 0.15) is 0 Å². The molecule has 3 aromatic rings. The number of sulfonamides is 1. The maximum Gasteiger partial charge on any atom is 0.259 e. The SMILES string of the molecule is CC(C)n1cnc(S(=O)(=O)NCc2ccnc(-c3ccncc3)c2)c1. The third-order valence-electron chi connectivity index (χ3n) is 3.72. The molecule has 3 aromatic heterocycles. The molecule has 0 atom stereocenters. The molecule has 0 bridgehead atoms. The quantitative estimate of drug-likeness (QED) is 0.732. The van der Waals surface area contributed by atoms with E-state index in [4.69, 9.17) is 0 Å². The van der Waals surface area contributed by atoms with Crippen LogP contribution in [-0.4, -0.2) is 27.9 Å². The van der Waals surface area contributed by atoms with Gasteiger partial charge in [0, 0.05) is 42.9 Å². The summed E-state index contributed by atoms with van der Waals surface area (Å²) in [7, 11) is -3.66. The van der Waals surface area contributed by atoms with E-state index in [0.29, 0.717) is 0 Å². The van der Waals surface area contributed by atoms with Crippen LogP contribution in [0.2, 0.25) is 0 Å². The summed E-state index contributed by atoms with van der Waals surface area (Å²) in [4.78, 5) is 12.3. The Hall–Kier alpha value is -2.58. The van der Waals surface area contributed by atoms with Gasteiger partial charge in [-0.1, -0.05) is 0 Å². The fourth-order valence-electron chi connectivity index (χ4n) is 2.26. The Labute approximate surface area is 146 Å². The molecule has 0 fully saturated rings. The molecule has 0 unspecified atom stereocenters. The maximum absolute atomic E-state index is 12.4. The van der Waals surface area contributed by atoms with E-state index >= 15 is 0 Å². The molecule has 3 heterocycles. The highest BCUT2D eigenvalue weighted by molar-refractivity contribution is 7.89. The summed E-state index contributed by atoms with van der Waals surface area (Å²) in [5, 5.41) is 0.0182. The molecule has 0 saturated carbocycles. The number of hydrogen-bond donors (Lipinski definition) is 1. The Morgan fingerprint density at radius 2 is 1.88 bits per heavy atom. The van der Waals surface area contributed by atoms with Crippen molar-refractivity contribution in [2.45, 2.75) is 31.5 Å². The first-order chi connectivity index (χ1) is 12.0. The molecule has 3 rings (SSSR count). The third kappa shape index (κ3) is 4.09. The van der Waals surface area contributed by atoms with Crippen LogP contribution in [0.25, 0.3) is 11.3 Å². The van der Waals surface area contributed by atoms with Crippen LogP contribution in [0.5, 0.6) is 0 Å². The van der Waals surface area contributed by atoms with Crippen LogP contribution >= 0.6 is 0 Å². The number of imidazole rings is 1. The van der Waals surface area contributed by atoms with E-state index in [0.717, 1.165) is 16.8 Å². The second-order valence-electron chi connectivity index (χ2n) is 5.86. The number of aromatic nitrogens is 4. The monoisotopic (exact) mass is 357 g/mol. The van der Waals surface area contributed by atoms with Crippen molar-refractivity contribution in [2.75, 3.05) is 0 Å². The van der Waals surface area contributed by atoms with Crippen LogP contribution in [0, 0.1) is 0 Å². The molecule has 7 nitrogen and oxygen atoms in total. The van der Waals surface area contributed by atoms with E-state index in [2.05, 4.69) is 19.7 Å². The van der Waals surface area contributed by atoms with Crippen molar-refractivity contribution >= 4 is 10.0 Å². The molecule has 0 aliphatic heterocycles. The summed E-state index contributed by atoms with van der Waals surface area (Å²) in [5.41, 5.74) is 2.51. The van der Waals surface area contributed by atoms with Gasteiger partial charge in [-0.15, -0.1) is 0 Å². The van der Waals surface area contributed by atoms with Crippen molar-refractivity contribution in [3.63, 3.8) is 0 Å². The zero-order valence-electron chi connectivity index (χ0n) is 14.0. The molecule has 1 N–H and O–H groups in total. The van der Waals surface area contributed by atoms with Crippen molar-refractivity contribution in [3.05, 3.63) is 60.9 Å². The molecular formula is C17H19N5O2S. The number of hydrogen-bond acceptors (Lipinski definition) is 5. The first kappa shape index (κ1) is 17.2. The van der Waals surface area contributed by atoms with E-state index in [1.54, 1.807) is 29.2 Å². The summed E-state index contributed by atoms with van der Waals surface area (Å²) in [6.07, 6.45) is 8.09. The lowest BCUT2D eigenvalue weighted by Crippen LogP contribution is -2.23. The highest BCUT2D eigenvalue weighted by Crippen LogP contribution is 2.17. The normalized spacial score (nSPS) is 11.8. The summed E-state index contributed by atoms with van der Waals surface area (Å²) >= 11 is 0. The maximum atomic E-state index is 12.4. The van der Waals surface area contributed by atoms with E-state index in [-0.39, 0.29) is 17.6 Å². The number of pyridine rings is 2. The Balaban J connectivity index is 1.74. The topological polar surface area (TPSA) is 89.8 Å². The second kappa shape index (κ2) is 7.12. The van der Waals surface area contributed by atoms with Crippen LogP contribution < -0.4 is 4.72 Å². The largest absolute Gasteiger partial charge is 0.334 e. The van der Waals surface area contributed by atoms with E-state index in [1.807, 2.05) is 32.0 Å². The molecule has 0 saturated heterocycles. The summed E-state index contributed by atoms with van der Waals surface area (Å²) < 4.78 is 29.1. The van der Waals surface area contributed by atoms with Gasteiger partial charge in [0.05, 0.1) is 12.0 Å². The van der Waals surface area contributed by atoms with Crippen molar-refractivity contribution < 1.29 is 8.42 Å². The lowest BCUT2D eigenvalue weighted by molar-refractivity contribution is 0.576. The zero-order chi connectivity index (χ0) is 17.9. The van der Waals surface area contributed by atoms with E-state index in [9.17, 15) is 8.42 Å². The first-order valence-corrected chi connectivity index (χ1v) is 9.32. The molecule has 0 aliphatic carbocycles. The Kier molecular flexibility index (Phi) is 4.91. The fourth-order valence-corrected chi connectivity index (χ4v) is 3.21. The zero-order valence-corrected chi connectivity index (χ0v) is 14.8. The van der Waals surface area contributed by atoms with Gasteiger partial charge in [-0.05, 0) is 43.7 Å². The fraction of sp³-hybridized carbons (Fsp3) is 0.235. The number of rotatable bonds is 6. The molecule has 8 heteroatoms. The standard InChI is InChI=1S/C17H19N5O2S/c1-13(2)22-11-17(20-12-22)25(23,24)21-10-14-3-8-19-16(9-14)15-4-6-18-7-5-15/h3-9,11-13,21H,10H2,1-2H3. The van der Waals surface area contributed by atoms with Crippen molar-refractivity contribution in [3.8, 4) is 11.3 Å². The van der Waals surface area contributed by atoms with Crippen LogP contribution in [-0.2, 0) is 16.6 Å². The van der Waals surface area contributed by atoms with Gasteiger partial charge >= 0.3 is 0 Å². The summed E-state index contributed by atoms with van der Waals surface area (Å²) in [6.45, 7) is 4.09. The first-order valence-electron chi connectivity index (χ1n) is 7.84. The van der Waals surface area contributed by atoms with Crippen LogP contribution in [0.15, 0.2) is 60.4 Å². The minimum atomic E-state index is -3.66. The average molecular weight is 357 g/mol. The molecule has 0 radical (unpaired) electrons. The van der Waals surface area contributed by atoms with Gasteiger partial charge in [0.2, 0.25) is 0 Å². The van der Waals surface area contributed by atoms with Gasteiger partial charge in [0.25, 0.3) is 10.0 Å². The lowest BCUT2D eigenvalue weighted by Gasteiger charge is -2.07. The van der Waals surface area contributed by atoms with Crippen LogP contribution in [0.4, 0.5) is 0 Å². The van der Waals surface area contributed by atoms with Crippen LogP contribution in [0.3, 0.4) is 0 Å². The van der Waals surface area contributed by atoms with Gasteiger partial charge in [-0.3, -0.25) is 9.97 Å². The molecule has 25 heavy (non-hydrogen) atoms. The van der Waals surface area contributed by atoms with Crippen molar-refractivity contribution in [2.24, 2.45) is 0 Å². The summed E-state index contributed by atoms with van der Waals surface area (Å²) in [5.74, 6) is 0. The third-order valence-corrected chi connectivity index (χ3v) is 5.00. The number of nitrogens with one attached hydrogen (secondary N) is 1. The Morgan fingerprint density at radius 1 is 1.12 bits per heavy atom. The predicted octanol–water partition coefficient (Wildman–Crippen LogP) is 2.40. The van der Waals surface area contributed by atoms with E-state index < -0.39 is 10.0 Å². The van der Waals surface area contributed by atoms with Crippen LogP contribution in [0.1, 0.15) is 25.5 Å². The van der Waals surface area contributed by atoms with Gasteiger partial charge in [-0.2, -0.15) is 0 Å². The highest BCUT2D eigenvalue weighted by atomic mass is 32.2. The highest BCUT2D eigenvalue weighted by Gasteiger charge is 2.17. The molecule has 0 spiro atoms. The molecule has 0 aromatic carbocycles. The van der Waals surface area contributed by atoms with E-state index in [1.165, 1.54) is 12.5 Å². The van der Waals surface area contributed by atoms with Gasteiger partial charge in [0.15, 0.2) is 5.03 Å². The van der Waals surface area contributed by atoms with Crippen molar-refractivity contribution in [1.82, 2.24) is 24.2 Å². The molecule has 0 amide bonds. The average Bonchev–Trinajstić information content (AvgIpc) is 3.13. The number of nitrogens with zero attached hydrogens (tertiary/aromatic N) is 4. The Bertz CT molecular complexity index is 952. The second-order valence-corrected chi connectivity index (χ2v) is 7.58. The lowest BCUT2D eigenvalue weighted by atomic mass is 10.1. The Morgan fingerprint density at radius 3 is 2.56 bits per heavy atom. The van der Waals surface area contributed by atoms with Crippen molar-refractivity contribution in [1.29, 1.82) is 0 Å². The van der Waals surface area contributed by atoms with Gasteiger partial charge < -0.3 is 4.57 Å². The smallest absolute Gasteiger partial charge is 0.259 e. The summed E-state index contributed by atoms with van der Waals surface area (Å²) in [6, 6.07) is 7.49. The minimum Gasteiger partial charge on any atom is -0.334 e. The molecule has 0 aliphatic rings. The van der Waals surface area contributed by atoms with Gasteiger partial charge in [-0.25, -0.2) is 18.1 Å². The predicted molar refractivity (Wildman–Crippen MR) is 94.1 cm³/mol. The molecular weight excluding hydrogens is 338 g/mol.